The summed E-state index contributed by atoms with van der Waals surface area (Å²) >= 11 is 0. The first-order valence-corrected chi connectivity index (χ1v) is 7.55. The number of hydrogen-bond acceptors (Lipinski definition) is 3. The summed E-state index contributed by atoms with van der Waals surface area (Å²) in [5.41, 5.74) is 2.83. The molecule has 1 aromatic rings. The molecule has 0 spiro atoms. The average Bonchev–Trinajstić information content (AvgIpc) is 2.71. The molecule has 1 aliphatic heterocycles. The molecule has 0 bridgehead atoms. The average molecular weight is 263 g/mol. The highest BCUT2D eigenvalue weighted by atomic mass is 16.5. The van der Waals surface area contributed by atoms with Gasteiger partial charge in [0, 0.05) is 30.4 Å². The number of nitrogens with zero attached hydrogens (tertiary/aromatic N) is 2. The van der Waals surface area contributed by atoms with Gasteiger partial charge in [-0.3, -0.25) is 4.68 Å². The molecule has 2 heterocycles. The molecule has 1 saturated heterocycles. The third-order valence-electron chi connectivity index (χ3n) is 4.51. The molecule has 4 heteroatoms. The number of aryl methyl sites for hydroxylation is 1. The molecule has 19 heavy (non-hydrogen) atoms. The number of nitrogens with one attached hydrogen (secondary N) is 1. The first-order valence-electron chi connectivity index (χ1n) is 7.55. The smallest absolute Gasteiger partial charge is 0.0565 e. The standard InChI is InChI=1S/C15H25N3O/c1-10-7-12(8-11(2)19-10)17-14-5-4-6-15-13(14)9-16-18(15)3/h9-12,14,17H,4-8H2,1-3H3. The van der Waals surface area contributed by atoms with E-state index in [1.54, 1.807) is 0 Å². The van der Waals surface area contributed by atoms with Crippen LogP contribution in [0.25, 0.3) is 0 Å². The Morgan fingerprint density at radius 1 is 1.32 bits per heavy atom. The Kier molecular flexibility index (Phi) is 3.63. The van der Waals surface area contributed by atoms with Crippen molar-refractivity contribution in [3.8, 4) is 0 Å². The van der Waals surface area contributed by atoms with Gasteiger partial charge >= 0.3 is 0 Å². The normalized spacial score (nSPS) is 35.1. The van der Waals surface area contributed by atoms with Crippen molar-refractivity contribution in [2.75, 3.05) is 0 Å². The van der Waals surface area contributed by atoms with Gasteiger partial charge in [0.05, 0.1) is 18.4 Å². The van der Waals surface area contributed by atoms with Crippen LogP contribution in [-0.2, 0) is 18.2 Å². The zero-order valence-corrected chi connectivity index (χ0v) is 12.2. The predicted octanol–water partition coefficient (Wildman–Crippen LogP) is 2.34. The molecule has 1 N–H and O–H groups in total. The number of hydrogen-bond donors (Lipinski definition) is 1. The second-order valence-corrected chi connectivity index (χ2v) is 6.21. The minimum Gasteiger partial charge on any atom is -0.375 e. The molecule has 1 fully saturated rings. The van der Waals surface area contributed by atoms with Gasteiger partial charge in [0.1, 0.15) is 0 Å². The highest BCUT2D eigenvalue weighted by molar-refractivity contribution is 5.24. The van der Waals surface area contributed by atoms with E-state index in [0.717, 1.165) is 12.8 Å². The van der Waals surface area contributed by atoms with E-state index in [4.69, 9.17) is 4.74 Å². The Morgan fingerprint density at radius 3 is 2.79 bits per heavy atom. The fourth-order valence-electron chi connectivity index (χ4n) is 3.71. The summed E-state index contributed by atoms with van der Waals surface area (Å²) in [6.07, 6.45) is 8.71. The van der Waals surface area contributed by atoms with Gasteiger partial charge in [-0.2, -0.15) is 5.10 Å². The second kappa shape index (κ2) is 5.25. The highest BCUT2D eigenvalue weighted by Gasteiger charge is 2.29. The monoisotopic (exact) mass is 263 g/mol. The van der Waals surface area contributed by atoms with E-state index < -0.39 is 0 Å². The van der Waals surface area contributed by atoms with E-state index in [-0.39, 0.29) is 0 Å². The molecule has 0 aromatic carbocycles. The van der Waals surface area contributed by atoms with Crippen LogP contribution in [0.5, 0.6) is 0 Å². The van der Waals surface area contributed by atoms with Gasteiger partial charge in [-0.15, -0.1) is 0 Å². The minimum absolute atomic E-state index is 0.373. The van der Waals surface area contributed by atoms with Crippen molar-refractivity contribution in [1.29, 1.82) is 0 Å². The van der Waals surface area contributed by atoms with Crippen molar-refractivity contribution in [3.05, 3.63) is 17.5 Å². The number of ether oxygens (including phenoxy) is 1. The Balaban J connectivity index is 1.70. The first-order chi connectivity index (χ1) is 9.13. The van der Waals surface area contributed by atoms with Gasteiger partial charge in [0.15, 0.2) is 0 Å². The van der Waals surface area contributed by atoms with Crippen LogP contribution in [0.4, 0.5) is 0 Å². The molecule has 3 rings (SSSR count). The van der Waals surface area contributed by atoms with Crippen molar-refractivity contribution in [2.45, 2.75) is 70.2 Å². The van der Waals surface area contributed by atoms with E-state index in [0.29, 0.717) is 24.3 Å². The number of fused-ring (bicyclic) bond motifs is 1. The Morgan fingerprint density at radius 2 is 2.05 bits per heavy atom. The predicted molar refractivity (Wildman–Crippen MR) is 75.1 cm³/mol. The van der Waals surface area contributed by atoms with Crippen molar-refractivity contribution >= 4 is 0 Å². The Bertz CT molecular complexity index is 433. The third kappa shape index (κ3) is 2.70. The van der Waals surface area contributed by atoms with E-state index in [1.165, 1.54) is 30.5 Å². The van der Waals surface area contributed by atoms with E-state index in [9.17, 15) is 0 Å². The maximum Gasteiger partial charge on any atom is 0.0565 e. The molecular formula is C15H25N3O. The molecule has 0 amide bonds. The highest BCUT2D eigenvalue weighted by Crippen LogP contribution is 2.31. The molecule has 2 aliphatic rings. The molecule has 4 nitrogen and oxygen atoms in total. The summed E-state index contributed by atoms with van der Waals surface area (Å²) in [5.74, 6) is 0. The van der Waals surface area contributed by atoms with Crippen LogP contribution < -0.4 is 5.32 Å². The molecule has 106 valence electrons. The van der Waals surface area contributed by atoms with Crippen LogP contribution in [-0.4, -0.2) is 28.0 Å². The Labute approximate surface area is 115 Å². The van der Waals surface area contributed by atoms with E-state index in [2.05, 4.69) is 37.5 Å². The lowest BCUT2D eigenvalue weighted by molar-refractivity contribution is -0.0439. The molecule has 3 atom stereocenters. The van der Waals surface area contributed by atoms with E-state index >= 15 is 0 Å². The van der Waals surface area contributed by atoms with Crippen molar-refractivity contribution in [2.24, 2.45) is 7.05 Å². The lowest BCUT2D eigenvalue weighted by Crippen LogP contribution is -2.43. The van der Waals surface area contributed by atoms with Gasteiger partial charge < -0.3 is 10.1 Å². The zero-order chi connectivity index (χ0) is 13.4. The van der Waals surface area contributed by atoms with Crippen molar-refractivity contribution in [3.63, 3.8) is 0 Å². The fourth-order valence-corrected chi connectivity index (χ4v) is 3.71. The van der Waals surface area contributed by atoms with Crippen LogP contribution in [0.15, 0.2) is 6.20 Å². The maximum absolute atomic E-state index is 5.82. The molecule has 3 unspecified atom stereocenters. The summed E-state index contributed by atoms with van der Waals surface area (Å²) in [4.78, 5) is 0. The summed E-state index contributed by atoms with van der Waals surface area (Å²) in [5, 5.41) is 8.28. The molecule has 1 aliphatic carbocycles. The first kappa shape index (κ1) is 13.1. The zero-order valence-electron chi connectivity index (χ0n) is 12.2. The molecule has 0 saturated carbocycles. The lowest BCUT2D eigenvalue weighted by Gasteiger charge is -2.36. The summed E-state index contributed by atoms with van der Waals surface area (Å²) < 4.78 is 7.86. The van der Waals surface area contributed by atoms with Crippen molar-refractivity contribution < 1.29 is 4.74 Å². The number of aromatic nitrogens is 2. The summed E-state index contributed by atoms with van der Waals surface area (Å²) in [6, 6.07) is 1.06. The van der Waals surface area contributed by atoms with Crippen LogP contribution in [0, 0.1) is 0 Å². The fraction of sp³-hybridized carbons (Fsp3) is 0.800. The SMILES string of the molecule is CC1CC(NC2CCCc3c2cnn3C)CC(C)O1. The Hall–Kier alpha value is -0.870. The molecule has 0 radical (unpaired) electrons. The second-order valence-electron chi connectivity index (χ2n) is 6.21. The molecule has 1 aromatic heterocycles. The quantitative estimate of drug-likeness (QED) is 0.890. The summed E-state index contributed by atoms with van der Waals surface area (Å²) in [6.45, 7) is 4.36. The van der Waals surface area contributed by atoms with Crippen LogP contribution in [0.3, 0.4) is 0 Å². The summed E-state index contributed by atoms with van der Waals surface area (Å²) in [7, 11) is 2.06. The largest absolute Gasteiger partial charge is 0.375 e. The minimum atomic E-state index is 0.373. The topological polar surface area (TPSA) is 39.1 Å². The van der Waals surface area contributed by atoms with Gasteiger partial charge in [-0.05, 0) is 46.0 Å². The van der Waals surface area contributed by atoms with Gasteiger partial charge in [-0.25, -0.2) is 0 Å². The van der Waals surface area contributed by atoms with Gasteiger partial charge in [-0.1, -0.05) is 0 Å². The third-order valence-corrected chi connectivity index (χ3v) is 4.51. The van der Waals surface area contributed by atoms with Crippen LogP contribution >= 0.6 is 0 Å². The number of rotatable bonds is 2. The van der Waals surface area contributed by atoms with Crippen LogP contribution in [0.1, 0.15) is 56.8 Å². The van der Waals surface area contributed by atoms with Gasteiger partial charge in [0.25, 0.3) is 0 Å². The maximum atomic E-state index is 5.82. The van der Waals surface area contributed by atoms with Gasteiger partial charge in [0.2, 0.25) is 0 Å². The molecular weight excluding hydrogens is 238 g/mol. The van der Waals surface area contributed by atoms with Crippen LogP contribution in [0.2, 0.25) is 0 Å². The van der Waals surface area contributed by atoms with Crippen molar-refractivity contribution in [1.82, 2.24) is 15.1 Å². The lowest BCUT2D eigenvalue weighted by atomic mass is 9.90. The van der Waals surface area contributed by atoms with E-state index in [1.807, 2.05) is 4.68 Å².